The highest BCUT2D eigenvalue weighted by Gasteiger charge is 2.16. The number of carbonyl (C=O) groups is 1. The highest BCUT2D eigenvalue weighted by molar-refractivity contribution is 6.02. The van der Waals surface area contributed by atoms with Gasteiger partial charge in [0.25, 0.3) is 0 Å². The number of amides is 1. The maximum absolute atomic E-state index is 13.0. The number of imidazole rings is 1. The van der Waals surface area contributed by atoms with Crippen LogP contribution in [0.15, 0.2) is 66.7 Å². The summed E-state index contributed by atoms with van der Waals surface area (Å²) in [6.45, 7) is 4.47. The first-order valence-corrected chi connectivity index (χ1v) is 12.3. The van der Waals surface area contributed by atoms with Crippen LogP contribution < -0.4 is 15.8 Å². The number of hydrogen-bond donors (Lipinski definition) is 3. The number of benzene rings is 3. The first-order chi connectivity index (χ1) is 18.5. The van der Waals surface area contributed by atoms with Crippen molar-refractivity contribution in [3.8, 4) is 17.1 Å². The Labute approximate surface area is 218 Å². The molecule has 0 bridgehead atoms. The summed E-state index contributed by atoms with van der Waals surface area (Å²) in [5.74, 6) is 0.189. The molecule has 5 rings (SSSR count). The van der Waals surface area contributed by atoms with Crippen LogP contribution >= 0.6 is 0 Å². The normalized spacial score (nSPS) is 14.2. The van der Waals surface area contributed by atoms with E-state index in [1.54, 1.807) is 54.6 Å². The zero-order chi connectivity index (χ0) is 26.5. The molecule has 1 saturated heterocycles. The maximum atomic E-state index is 13.0. The van der Waals surface area contributed by atoms with E-state index >= 15 is 0 Å². The number of nitrogens with one attached hydrogen (secondary N) is 1. The van der Waals surface area contributed by atoms with Crippen LogP contribution in [0.3, 0.4) is 0 Å². The number of carbonyl (C=O) groups excluding carboxylic acids is 1. The van der Waals surface area contributed by atoms with Crippen LogP contribution in [0.5, 0.6) is 5.75 Å². The first-order valence-electron chi connectivity index (χ1n) is 12.3. The van der Waals surface area contributed by atoms with Crippen molar-refractivity contribution in [2.24, 2.45) is 0 Å². The first kappa shape index (κ1) is 25.2. The summed E-state index contributed by atoms with van der Waals surface area (Å²) in [6.07, 6.45) is 2.98. The zero-order valence-electron chi connectivity index (χ0n) is 20.6. The molecule has 0 saturated carbocycles. The maximum Gasteiger partial charge on any atom is 0.248 e. The van der Waals surface area contributed by atoms with Gasteiger partial charge in [0.05, 0.1) is 24.4 Å². The number of aromatic nitrogens is 2. The fourth-order valence-electron chi connectivity index (χ4n) is 4.16. The largest absolute Gasteiger partial charge is 0.490 e. The van der Waals surface area contributed by atoms with E-state index in [1.165, 1.54) is 18.2 Å². The Balaban J connectivity index is 1.24. The van der Waals surface area contributed by atoms with E-state index < -0.39 is 0 Å². The SMILES string of the molecule is Nc1cc2c(cc1OCCN1CCOCC1)nc(-c1ccc(NC(=O)/C=C/c3ccc(F)cc3)cc1)n2O. The highest BCUT2D eigenvalue weighted by Crippen LogP contribution is 2.31. The number of nitrogens with two attached hydrogens (primary N) is 1. The zero-order valence-corrected chi connectivity index (χ0v) is 20.6. The summed E-state index contributed by atoms with van der Waals surface area (Å²) in [6, 6.07) is 16.1. The molecule has 4 N–H and O–H groups in total. The fraction of sp³-hybridized carbons (Fsp3) is 0.214. The Morgan fingerprint density at radius 2 is 1.87 bits per heavy atom. The standard InChI is InChI=1S/C28H28FN5O4/c29-21-6-1-19(2-7-21)3-10-27(35)31-22-8-4-20(5-9-22)28-32-24-18-26(23(30)17-25(24)34(28)36)38-16-13-33-11-14-37-15-12-33/h1-10,17-18,36H,11-16,30H2,(H,31,35)/b10-3+. The van der Waals surface area contributed by atoms with Gasteiger partial charge in [0, 0.05) is 43.0 Å². The minimum absolute atomic E-state index is 0.326. The second-order valence-electron chi connectivity index (χ2n) is 8.88. The van der Waals surface area contributed by atoms with Crippen LogP contribution in [0.1, 0.15) is 5.56 Å². The third kappa shape index (κ3) is 5.93. The molecule has 10 heteroatoms. The van der Waals surface area contributed by atoms with Crippen LogP contribution in [0.25, 0.3) is 28.5 Å². The Kier molecular flexibility index (Phi) is 7.52. The minimum Gasteiger partial charge on any atom is -0.490 e. The van der Waals surface area contributed by atoms with Crippen LogP contribution in [0.4, 0.5) is 15.8 Å². The van der Waals surface area contributed by atoms with Gasteiger partial charge in [-0.3, -0.25) is 9.69 Å². The molecule has 9 nitrogen and oxygen atoms in total. The Hall–Kier alpha value is -4.41. The molecule has 0 unspecified atom stereocenters. The molecule has 0 spiro atoms. The average Bonchev–Trinajstić information content (AvgIpc) is 3.24. The number of rotatable bonds is 8. The van der Waals surface area contributed by atoms with Gasteiger partial charge in [0.1, 0.15) is 23.7 Å². The smallest absolute Gasteiger partial charge is 0.248 e. The van der Waals surface area contributed by atoms with E-state index in [-0.39, 0.29) is 11.7 Å². The highest BCUT2D eigenvalue weighted by atomic mass is 19.1. The lowest BCUT2D eigenvalue weighted by Gasteiger charge is -2.26. The van der Waals surface area contributed by atoms with Gasteiger partial charge >= 0.3 is 0 Å². The van der Waals surface area contributed by atoms with E-state index in [1.807, 2.05) is 0 Å². The van der Waals surface area contributed by atoms with E-state index in [0.717, 1.165) is 37.6 Å². The van der Waals surface area contributed by atoms with Crippen LogP contribution in [0, 0.1) is 5.82 Å². The van der Waals surface area contributed by atoms with E-state index in [9.17, 15) is 14.4 Å². The molecule has 4 aromatic rings. The number of fused-ring (bicyclic) bond motifs is 1. The number of ether oxygens (including phenoxy) is 2. The van der Waals surface area contributed by atoms with E-state index in [2.05, 4.69) is 15.2 Å². The van der Waals surface area contributed by atoms with Gasteiger partial charge in [-0.1, -0.05) is 12.1 Å². The summed E-state index contributed by atoms with van der Waals surface area (Å²) < 4.78 is 25.3. The van der Waals surface area contributed by atoms with Gasteiger partial charge in [0.2, 0.25) is 5.91 Å². The minimum atomic E-state index is -0.333. The summed E-state index contributed by atoms with van der Waals surface area (Å²) in [7, 11) is 0. The molecule has 1 aliphatic heterocycles. The quantitative estimate of drug-likeness (QED) is 0.184. The number of halogens is 1. The summed E-state index contributed by atoms with van der Waals surface area (Å²) in [5.41, 5.74) is 9.53. The van der Waals surface area contributed by atoms with Gasteiger partial charge in [-0.15, -0.1) is 0 Å². The van der Waals surface area contributed by atoms with Gasteiger partial charge in [-0.25, -0.2) is 9.37 Å². The lowest BCUT2D eigenvalue weighted by Crippen LogP contribution is -2.38. The molecule has 1 amide bonds. The number of anilines is 2. The average molecular weight is 518 g/mol. The molecule has 0 atom stereocenters. The summed E-state index contributed by atoms with van der Waals surface area (Å²) >= 11 is 0. The monoisotopic (exact) mass is 517 g/mol. The number of morpholine rings is 1. The lowest BCUT2D eigenvalue weighted by atomic mass is 10.2. The second kappa shape index (κ2) is 11.3. The molecule has 1 fully saturated rings. The van der Waals surface area contributed by atoms with Gasteiger partial charge in [-0.05, 0) is 54.1 Å². The van der Waals surface area contributed by atoms with Crippen molar-refractivity contribution < 1.29 is 23.9 Å². The predicted molar refractivity (Wildman–Crippen MR) is 144 cm³/mol. The van der Waals surface area contributed by atoms with Crippen molar-refractivity contribution >= 4 is 34.4 Å². The van der Waals surface area contributed by atoms with Crippen molar-refractivity contribution in [2.45, 2.75) is 0 Å². The molecule has 0 radical (unpaired) electrons. The third-order valence-corrected chi connectivity index (χ3v) is 6.24. The Morgan fingerprint density at radius 3 is 2.61 bits per heavy atom. The van der Waals surface area contributed by atoms with Gasteiger partial charge in [0.15, 0.2) is 5.82 Å². The van der Waals surface area contributed by atoms with Crippen LogP contribution in [-0.2, 0) is 9.53 Å². The Bertz CT molecular complexity index is 1450. The van der Waals surface area contributed by atoms with Gasteiger partial charge < -0.3 is 25.7 Å². The molecule has 3 aromatic carbocycles. The second-order valence-corrected chi connectivity index (χ2v) is 8.88. The molecule has 196 valence electrons. The van der Waals surface area contributed by atoms with Crippen molar-refractivity contribution in [1.82, 2.24) is 14.6 Å². The predicted octanol–water partition coefficient (Wildman–Crippen LogP) is 4.02. The number of hydrogen-bond acceptors (Lipinski definition) is 7. The van der Waals surface area contributed by atoms with Crippen molar-refractivity contribution in [3.05, 3.63) is 78.1 Å². The van der Waals surface area contributed by atoms with E-state index in [4.69, 9.17) is 15.2 Å². The van der Waals surface area contributed by atoms with Crippen molar-refractivity contribution in [2.75, 3.05) is 50.5 Å². The molecule has 0 aliphatic carbocycles. The van der Waals surface area contributed by atoms with Crippen molar-refractivity contribution in [3.63, 3.8) is 0 Å². The van der Waals surface area contributed by atoms with Crippen LogP contribution in [0.2, 0.25) is 0 Å². The molecular weight excluding hydrogens is 489 g/mol. The number of nitrogen functional groups attached to an aromatic ring is 1. The van der Waals surface area contributed by atoms with Gasteiger partial charge in [-0.2, -0.15) is 4.73 Å². The fourth-order valence-corrected chi connectivity index (χ4v) is 4.16. The molecule has 1 aromatic heterocycles. The number of nitrogens with zero attached hydrogens (tertiary/aromatic N) is 3. The van der Waals surface area contributed by atoms with E-state index in [0.29, 0.717) is 51.7 Å². The molecule has 2 heterocycles. The van der Waals surface area contributed by atoms with Crippen LogP contribution in [-0.4, -0.2) is 65.2 Å². The third-order valence-electron chi connectivity index (χ3n) is 6.24. The molecular formula is C28H28FN5O4. The molecule has 38 heavy (non-hydrogen) atoms. The Morgan fingerprint density at radius 1 is 1.13 bits per heavy atom. The molecule has 1 aliphatic rings. The van der Waals surface area contributed by atoms with Crippen molar-refractivity contribution in [1.29, 1.82) is 0 Å². The summed E-state index contributed by atoms with van der Waals surface area (Å²) in [5, 5.41) is 13.5. The summed E-state index contributed by atoms with van der Waals surface area (Å²) in [4.78, 5) is 19.1. The topological polar surface area (TPSA) is 115 Å². The lowest BCUT2D eigenvalue weighted by molar-refractivity contribution is -0.111.